The smallest absolute Gasteiger partial charge is 0.244 e. The van der Waals surface area contributed by atoms with Gasteiger partial charge in [0.1, 0.15) is 23.0 Å². The van der Waals surface area contributed by atoms with Gasteiger partial charge >= 0.3 is 0 Å². The molecule has 5 nitrogen and oxygen atoms in total. The largest absolute Gasteiger partial charge is 0.495 e. The van der Waals surface area contributed by atoms with Crippen LogP contribution in [0, 0.1) is 6.92 Å². The normalized spacial score (nSPS) is 12.7. The van der Waals surface area contributed by atoms with Gasteiger partial charge in [0.2, 0.25) is 10.0 Å². The minimum Gasteiger partial charge on any atom is -0.495 e. The highest BCUT2D eigenvalue weighted by molar-refractivity contribution is 7.89. The summed E-state index contributed by atoms with van der Waals surface area (Å²) >= 11 is 5.90. The molecule has 0 aliphatic rings. The number of hydrogen-bond donors (Lipinski definition) is 1. The van der Waals surface area contributed by atoms with Gasteiger partial charge < -0.3 is 9.47 Å². The van der Waals surface area contributed by atoms with Crippen molar-refractivity contribution in [2.75, 3.05) is 13.7 Å². The Morgan fingerprint density at radius 2 is 1.83 bits per heavy atom. The van der Waals surface area contributed by atoms with E-state index in [9.17, 15) is 8.42 Å². The van der Waals surface area contributed by atoms with Gasteiger partial charge in [-0.3, -0.25) is 0 Å². The van der Waals surface area contributed by atoms with Crippen molar-refractivity contribution in [1.29, 1.82) is 0 Å². The number of sulfonamides is 1. The maximum atomic E-state index is 12.5. The third-order valence-corrected chi connectivity index (χ3v) is 5.14. The van der Waals surface area contributed by atoms with Crippen molar-refractivity contribution in [3.8, 4) is 11.5 Å². The summed E-state index contributed by atoms with van der Waals surface area (Å²) in [7, 11) is -2.37. The molecule has 0 aliphatic carbocycles. The van der Waals surface area contributed by atoms with Crippen molar-refractivity contribution in [1.82, 2.24) is 4.72 Å². The number of hydrogen-bond acceptors (Lipinski definition) is 4. The van der Waals surface area contributed by atoms with Gasteiger partial charge in [-0.25, -0.2) is 13.1 Å². The molecule has 0 aromatic heterocycles. The molecule has 2 aromatic carbocycles. The van der Waals surface area contributed by atoms with Crippen molar-refractivity contribution in [3.05, 3.63) is 53.1 Å². The lowest BCUT2D eigenvalue weighted by Crippen LogP contribution is -2.36. The zero-order valence-electron chi connectivity index (χ0n) is 13.7. The summed E-state index contributed by atoms with van der Waals surface area (Å²) in [4.78, 5) is -0.000291. The van der Waals surface area contributed by atoms with Gasteiger partial charge in [-0.15, -0.1) is 0 Å². The fourth-order valence-corrected chi connectivity index (χ4v) is 3.74. The van der Waals surface area contributed by atoms with Crippen molar-refractivity contribution in [3.63, 3.8) is 0 Å². The van der Waals surface area contributed by atoms with Crippen LogP contribution in [0.15, 0.2) is 47.4 Å². The van der Waals surface area contributed by atoms with Crippen LogP contribution in [0.1, 0.15) is 12.5 Å². The second-order valence-electron chi connectivity index (χ2n) is 5.44. The van der Waals surface area contributed by atoms with E-state index >= 15 is 0 Å². The van der Waals surface area contributed by atoms with E-state index in [4.69, 9.17) is 21.1 Å². The fourth-order valence-electron chi connectivity index (χ4n) is 2.08. The third-order valence-electron chi connectivity index (χ3n) is 3.29. The molecule has 1 atom stereocenters. The summed E-state index contributed by atoms with van der Waals surface area (Å²) < 4.78 is 38.3. The fraction of sp³-hybridized carbons (Fsp3) is 0.294. The van der Waals surface area contributed by atoms with Gasteiger partial charge in [-0.2, -0.15) is 0 Å². The first-order valence-corrected chi connectivity index (χ1v) is 9.23. The Hall–Kier alpha value is -1.76. The Bertz CT molecular complexity index is 791. The lowest BCUT2D eigenvalue weighted by Gasteiger charge is -2.17. The molecule has 0 saturated carbocycles. The van der Waals surface area contributed by atoms with Crippen LogP contribution in [-0.4, -0.2) is 28.2 Å². The van der Waals surface area contributed by atoms with E-state index in [2.05, 4.69) is 4.72 Å². The highest BCUT2D eigenvalue weighted by Gasteiger charge is 2.22. The molecule has 0 heterocycles. The summed E-state index contributed by atoms with van der Waals surface area (Å²) in [6.45, 7) is 3.91. The first-order valence-electron chi connectivity index (χ1n) is 7.37. The molecule has 0 spiro atoms. The van der Waals surface area contributed by atoms with Gasteiger partial charge in [0.05, 0.1) is 13.2 Å². The maximum Gasteiger partial charge on any atom is 0.244 e. The van der Waals surface area contributed by atoms with Crippen LogP contribution >= 0.6 is 11.6 Å². The van der Waals surface area contributed by atoms with E-state index in [1.165, 1.54) is 19.2 Å². The summed E-state index contributed by atoms with van der Waals surface area (Å²) in [6.07, 6.45) is 0. The number of rotatable bonds is 7. The molecule has 0 saturated heterocycles. The topological polar surface area (TPSA) is 64.6 Å². The molecule has 2 aromatic rings. The average molecular weight is 370 g/mol. The summed E-state index contributed by atoms with van der Waals surface area (Å²) in [5.41, 5.74) is 1.13. The van der Waals surface area contributed by atoms with Gasteiger partial charge in [-0.05, 0) is 44.2 Å². The summed E-state index contributed by atoms with van der Waals surface area (Å²) in [6, 6.07) is 11.6. The molecular weight excluding hydrogens is 350 g/mol. The maximum absolute atomic E-state index is 12.5. The lowest BCUT2D eigenvalue weighted by molar-refractivity contribution is 0.287. The monoisotopic (exact) mass is 369 g/mol. The first kappa shape index (κ1) is 18.6. The van der Waals surface area contributed by atoms with Gasteiger partial charge in [0.25, 0.3) is 0 Å². The van der Waals surface area contributed by atoms with Crippen molar-refractivity contribution in [2.24, 2.45) is 0 Å². The predicted molar refractivity (Wildman–Crippen MR) is 94.5 cm³/mol. The minimum absolute atomic E-state index is 0.000291. The Morgan fingerprint density at radius 1 is 1.17 bits per heavy atom. The second kappa shape index (κ2) is 7.88. The summed E-state index contributed by atoms with van der Waals surface area (Å²) in [5.74, 6) is 0.922. The zero-order valence-corrected chi connectivity index (χ0v) is 15.3. The molecule has 0 amide bonds. The minimum atomic E-state index is -3.78. The lowest BCUT2D eigenvalue weighted by atomic mass is 10.2. The second-order valence-corrected chi connectivity index (χ2v) is 7.56. The van der Waals surface area contributed by atoms with Crippen molar-refractivity contribution in [2.45, 2.75) is 24.8 Å². The van der Waals surface area contributed by atoms with Crippen LogP contribution in [0.3, 0.4) is 0 Å². The van der Waals surface area contributed by atoms with Crippen LogP contribution in [0.4, 0.5) is 0 Å². The quantitative estimate of drug-likeness (QED) is 0.812. The van der Waals surface area contributed by atoms with E-state index in [1.807, 2.05) is 31.2 Å². The number of halogens is 1. The Balaban J connectivity index is 2.05. The molecule has 0 unspecified atom stereocenters. The summed E-state index contributed by atoms with van der Waals surface area (Å²) in [5, 5.41) is 0.319. The molecule has 2 rings (SSSR count). The van der Waals surface area contributed by atoms with Crippen LogP contribution in [-0.2, 0) is 10.0 Å². The Kier molecular flexibility index (Phi) is 6.10. The average Bonchev–Trinajstić information content (AvgIpc) is 2.54. The zero-order chi connectivity index (χ0) is 17.7. The van der Waals surface area contributed by atoms with Crippen LogP contribution < -0.4 is 14.2 Å². The molecule has 0 bridgehead atoms. The third kappa shape index (κ3) is 4.87. The van der Waals surface area contributed by atoms with E-state index in [0.717, 1.165) is 5.56 Å². The van der Waals surface area contributed by atoms with Crippen molar-refractivity contribution >= 4 is 21.6 Å². The van der Waals surface area contributed by atoms with Crippen molar-refractivity contribution < 1.29 is 17.9 Å². The van der Waals surface area contributed by atoms with E-state index in [0.29, 0.717) is 10.8 Å². The van der Waals surface area contributed by atoms with Crippen LogP contribution in [0.2, 0.25) is 5.02 Å². The van der Waals surface area contributed by atoms with E-state index < -0.39 is 16.1 Å². The van der Waals surface area contributed by atoms with Gasteiger partial charge in [0.15, 0.2) is 0 Å². The molecule has 0 radical (unpaired) electrons. The van der Waals surface area contributed by atoms with Crippen LogP contribution in [0.25, 0.3) is 0 Å². The van der Waals surface area contributed by atoms with E-state index in [1.54, 1.807) is 13.0 Å². The number of aryl methyl sites for hydroxylation is 1. The van der Waals surface area contributed by atoms with Gasteiger partial charge in [-0.1, -0.05) is 29.3 Å². The first-order chi connectivity index (χ1) is 11.3. The molecular formula is C17H20ClNO4S. The molecule has 130 valence electrons. The Morgan fingerprint density at radius 3 is 2.46 bits per heavy atom. The number of ether oxygens (including phenoxy) is 2. The van der Waals surface area contributed by atoms with E-state index in [-0.39, 0.29) is 17.3 Å². The number of methoxy groups -OCH3 is 1. The Labute approximate surface area is 147 Å². The standard InChI is InChI=1S/C17H20ClNO4S/c1-12-4-7-15(8-5-12)23-11-13(2)19-24(20,21)17-10-14(18)6-9-16(17)22-3/h4-10,13,19H,11H2,1-3H3/t13-/m1/s1. The molecule has 0 fully saturated rings. The van der Waals surface area contributed by atoms with Crippen LogP contribution in [0.5, 0.6) is 11.5 Å². The number of benzene rings is 2. The molecule has 24 heavy (non-hydrogen) atoms. The SMILES string of the molecule is COc1ccc(Cl)cc1S(=O)(=O)N[C@H](C)COc1ccc(C)cc1. The molecule has 1 N–H and O–H groups in total. The highest BCUT2D eigenvalue weighted by atomic mass is 35.5. The molecule has 7 heteroatoms. The van der Waals surface area contributed by atoms with Gasteiger partial charge in [0, 0.05) is 5.02 Å². The predicted octanol–water partition coefficient (Wildman–Crippen LogP) is 3.40. The highest BCUT2D eigenvalue weighted by Crippen LogP contribution is 2.27. The molecule has 0 aliphatic heterocycles. The number of nitrogens with one attached hydrogen (secondary N) is 1.